The Kier molecular flexibility index (Phi) is 8.38. The number of rotatable bonds is 8. The van der Waals surface area contributed by atoms with Crippen LogP contribution >= 0.6 is 0 Å². The Bertz CT molecular complexity index is 1120. The molecular weight excluding hydrogens is 467 g/mol. The maximum absolute atomic E-state index is 14.0. The number of hydrogen-bond donors (Lipinski definition) is 4. The van der Waals surface area contributed by atoms with Gasteiger partial charge in [0.05, 0.1) is 17.6 Å². The number of aliphatic hydroxyl groups is 1. The average Bonchev–Trinajstić information content (AvgIpc) is 2.81. The van der Waals surface area contributed by atoms with E-state index in [1.807, 2.05) is 0 Å². The fourth-order valence-corrected chi connectivity index (χ4v) is 4.08. The number of allylic oxidation sites excluding steroid dienone is 5. The topological polar surface area (TPSA) is 106 Å². The van der Waals surface area contributed by atoms with Crippen molar-refractivity contribution in [1.29, 1.82) is 10.7 Å². The quantitative estimate of drug-likeness (QED) is 0.245. The van der Waals surface area contributed by atoms with Crippen molar-refractivity contribution in [2.24, 2.45) is 17.6 Å². The zero-order valence-electron chi connectivity index (χ0n) is 18.6. The van der Waals surface area contributed by atoms with Gasteiger partial charge in [-0.15, -0.1) is 0 Å². The van der Waals surface area contributed by atoms with Crippen LogP contribution in [0.5, 0.6) is 0 Å². The van der Waals surface area contributed by atoms with Gasteiger partial charge in [0, 0.05) is 35.8 Å². The van der Waals surface area contributed by atoms with Crippen molar-refractivity contribution in [2.45, 2.75) is 43.8 Å². The summed E-state index contributed by atoms with van der Waals surface area (Å²) in [5, 5.41) is 30.8. The van der Waals surface area contributed by atoms with E-state index < -0.39 is 47.6 Å². The van der Waals surface area contributed by atoms with Crippen molar-refractivity contribution in [2.75, 3.05) is 0 Å². The van der Waals surface area contributed by atoms with Crippen LogP contribution in [-0.2, 0) is 0 Å². The summed E-state index contributed by atoms with van der Waals surface area (Å²) in [5.41, 5.74) is 5.89. The third kappa shape index (κ3) is 6.72. The van der Waals surface area contributed by atoms with Crippen LogP contribution in [0.25, 0.3) is 0 Å². The molecule has 3 rings (SSSR count). The van der Waals surface area contributed by atoms with Gasteiger partial charge in [-0.3, -0.25) is 5.32 Å². The first kappa shape index (κ1) is 26.5. The first-order chi connectivity index (χ1) is 16.5. The predicted molar refractivity (Wildman–Crippen MR) is 121 cm³/mol. The van der Waals surface area contributed by atoms with Crippen molar-refractivity contribution >= 4 is 5.71 Å². The van der Waals surface area contributed by atoms with Crippen molar-refractivity contribution in [3.05, 3.63) is 83.0 Å². The summed E-state index contributed by atoms with van der Waals surface area (Å²) in [6, 6.07) is 3.38. The molecule has 0 saturated carbocycles. The number of hydrogen-bond acceptors (Lipinski definition) is 5. The van der Waals surface area contributed by atoms with Crippen LogP contribution in [0.15, 0.2) is 65.8 Å². The third-order valence-corrected chi connectivity index (χ3v) is 6.02. The van der Waals surface area contributed by atoms with E-state index in [1.165, 1.54) is 6.08 Å². The highest BCUT2D eigenvalue weighted by Crippen LogP contribution is 2.33. The molecule has 0 fully saturated rings. The molecule has 5 unspecified atom stereocenters. The Labute approximate surface area is 199 Å². The van der Waals surface area contributed by atoms with Gasteiger partial charge in [0.15, 0.2) is 0 Å². The van der Waals surface area contributed by atoms with Crippen LogP contribution in [-0.4, -0.2) is 35.3 Å². The van der Waals surface area contributed by atoms with E-state index >= 15 is 0 Å². The summed E-state index contributed by atoms with van der Waals surface area (Å²) in [6.07, 6.45) is 2.84. The molecule has 0 aromatic heterocycles. The van der Waals surface area contributed by atoms with Gasteiger partial charge in [0.2, 0.25) is 0 Å². The molecule has 0 radical (unpaired) electrons. The van der Waals surface area contributed by atoms with Crippen molar-refractivity contribution in [3.8, 4) is 6.07 Å². The van der Waals surface area contributed by atoms with Gasteiger partial charge in [0.1, 0.15) is 17.9 Å². The SMILES string of the molecule is N#CC1C=CC(C(NC(O)CC(=N)c2ccc(F)cc2F)C(N)C2C=CC(C(F)(F)F)=CC2)=CC1. The number of nitrogens with zero attached hydrogens (tertiary/aromatic N) is 1. The number of alkyl halides is 3. The molecular formula is C25H25F5N4O. The molecule has 5 atom stereocenters. The summed E-state index contributed by atoms with van der Waals surface area (Å²) in [7, 11) is 0. The monoisotopic (exact) mass is 492 g/mol. The normalized spacial score (nSPS) is 22.6. The fourth-order valence-electron chi connectivity index (χ4n) is 4.08. The number of benzene rings is 1. The average molecular weight is 492 g/mol. The van der Waals surface area contributed by atoms with Gasteiger partial charge in [0.25, 0.3) is 0 Å². The lowest BCUT2D eigenvalue weighted by Gasteiger charge is -2.34. The molecule has 2 aliphatic carbocycles. The maximum Gasteiger partial charge on any atom is 0.416 e. The standard InChI is InChI=1S/C25H25F5N4O/c26-18-9-10-19(20(27)11-18)21(32)12-22(35)34-24(16-3-1-14(13-31)2-4-16)23(33)15-5-7-17(8-6-15)25(28,29)30/h1,3-5,7-11,14-15,22-24,32,34-35H,2,6,12,33H2. The number of nitriles is 1. The highest BCUT2D eigenvalue weighted by atomic mass is 19.4. The molecule has 1 aromatic rings. The smallest absolute Gasteiger partial charge is 0.378 e. The molecule has 186 valence electrons. The lowest BCUT2D eigenvalue weighted by atomic mass is 9.82. The van der Waals surface area contributed by atoms with E-state index in [0.717, 1.165) is 24.3 Å². The molecule has 5 N–H and O–H groups in total. The number of halogens is 5. The van der Waals surface area contributed by atoms with Gasteiger partial charge in [-0.25, -0.2) is 8.78 Å². The molecule has 0 spiro atoms. The first-order valence-electron chi connectivity index (χ1n) is 11.0. The van der Waals surface area contributed by atoms with E-state index in [0.29, 0.717) is 18.1 Å². The van der Waals surface area contributed by atoms with E-state index in [-0.39, 0.29) is 30.0 Å². The zero-order chi connectivity index (χ0) is 25.8. The number of nitrogens with one attached hydrogen (secondary N) is 2. The highest BCUT2D eigenvalue weighted by Gasteiger charge is 2.35. The Morgan fingerprint density at radius 2 is 1.94 bits per heavy atom. The second-order valence-corrected chi connectivity index (χ2v) is 8.49. The summed E-state index contributed by atoms with van der Waals surface area (Å²) in [4.78, 5) is 0. The Morgan fingerprint density at radius 3 is 2.49 bits per heavy atom. The Balaban J connectivity index is 1.76. The van der Waals surface area contributed by atoms with Crippen molar-refractivity contribution < 1.29 is 27.1 Å². The van der Waals surface area contributed by atoms with Crippen LogP contribution in [0.1, 0.15) is 24.8 Å². The Hall–Kier alpha value is -3.13. The maximum atomic E-state index is 14.0. The minimum absolute atomic E-state index is 0.0369. The molecule has 0 amide bonds. The van der Waals surface area contributed by atoms with Gasteiger partial charge in [-0.05, 0) is 36.5 Å². The molecule has 0 heterocycles. The fraction of sp³-hybridized carbons (Fsp3) is 0.360. The molecule has 35 heavy (non-hydrogen) atoms. The Morgan fingerprint density at radius 1 is 1.20 bits per heavy atom. The molecule has 0 aliphatic heterocycles. The minimum Gasteiger partial charge on any atom is -0.378 e. The second kappa shape index (κ2) is 11.1. The van der Waals surface area contributed by atoms with Gasteiger partial charge in [-0.1, -0.05) is 36.5 Å². The summed E-state index contributed by atoms with van der Waals surface area (Å²) in [6.45, 7) is 0. The van der Waals surface area contributed by atoms with Crippen LogP contribution in [0.4, 0.5) is 22.0 Å². The lowest BCUT2D eigenvalue weighted by molar-refractivity contribution is -0.0887. The first-order valence-corrected chi connectivity index (χ1v) is 11.0. The van der Waals surface area contributed by atoms with Gasteiger partial charge in [-0.2, -0.15) is 18.4 Å². The van der Waals surface area contributed by atoms with Crippen LogP contribution in [0.2, 0.25) is 0 Å². The molecule has 1 aromatic carbocycles. The van der Waals surface area contributed by atoms with E-state index in [4.69, 9.17) is 16.4 Å². The number of nitrogens with two attached hydrogens (primary N) is 1. The highest BCUT2D eigenvalue weighted by molar-refractivity contribution is 5.98. The lowest BCUT2D eigenvalue weighted by Crippen LogP contribution is -2.53. The predicted octanol–water partition coefficient (Wildman–Crippen LogP) is 4.42. The zero-order valence-corrected chi connectivity index (χ0v) is 18.6. The van der Waals surface area contributed by atoms with E-state index in [9.17, 15) is 27.1 Å². The van der Waals surface area contributed by atoms with Crippen LogP contribution < -0.4 is 11.1 Å². The summed E-state index contributed by atoms with van der Waals surface area (Å²) >= 11 is 0. The molecule has 10 heteroatoms. The van der Waals surface area contributed by atoms with Crippen molar-refractivity contribution in [3.63, 3.8) is 0 Å². The van der Waals surface area contributed by atoms with Crippen LogP contribution in [0.3, 0.4) is 0 Å². The van der Waals surface area contributed by atoms with E-state index in [1.54, 1.807) is 18.2 Å². The molecule has 0 bridgehead atoms. The van der Waals surface area contributed by atoms with Crippen molar-refractivity contribution in [1.82, 2.24) is 5.32 Å². The second-order valence-electron chi connectivity index (χ2n) is 8.49. The minimum atomic E-state index is -4.46. The van der Waals surface area contributed by atoms with Gasteiger partial charge >= 0.3 is 6.18 Å². The third-order valence-electron chi connectivity index (χ3n) is 6.02. The molecule has 0 saturated heterocycles. The van der Waals surface area contributed by atoms with E-state index in [2.05, 4.69) is 11.4 Å². The van der Waals surface area contributed by atoms with Crippen LogP contribution in [0, 0.1) is 40.2 Å². The largest absolute Gasteiger partial charge is 0.416 e. The summed E-state index contributed by atoms with van der Waals surface area (Å²) in [5.74, 6) is -2.54. The van der Waals surface area contributed by atoms with Gasteiger partial charge < -0.3 is 16.2 Å². The number of aliphatic hydroxyl groups excluding tert-OH is 1. The molecule has 2 aliphatic rings. The summed E-state index contributed by atoms with van der Waals surface area (Å²) < 4.78 is 66.1. The molecule has 5 nitrogen and oxygen atoms in total.